The van der Waals surface area contributed by atoms with Crippen molar-refractivity contribution in [1.29, 1.82) is 0 Å². The van der Waals surface area contributed by atoms with Crippen LogP contribution in [0.1, 0.15) is 25.6 Å². The summed E-state index contributed by atoms with van der Waals surface area (Å²) < 4.78 is 0. The minimum atomic E-state index is 0.0428. The number of nitrogens with two attached hydrogens (primary N) is 1. The Kier molecular flexibility index (Phi) is 5.48. The van der Waals surface area contributed by atoms with Crippen LogP contribution in [0.25, 0.3) is 0 Å². The van der Waals surface area contributed by atoms with Gasteiger partial charge in [-0.25, -0.2) is 0 Å². The fourth-order valence-electron chi connectivity index (χ4n) is 2.57. The lowest BCUT2D eigenvalue weighted by molar-refractivity contribution is -0.126. The van der Waals surface area contributed by atoms with Crippen molar-refractivity contribution in [2.24, 2.45) is 5.92 Å². The second kappa shape index (κ2) is 7.35. The fraction of sp³-hybridized carbons (Fsp3) is 0.714. The number of hydrogen-bond acceptors (Lipinski definition) is 7. The number of nitrogens with zero attached hydrogens (tertiary/aromatic N) is 5. The summed E-state index contributed by atoms with van der Waals surface area (Å²) in [5, 5.41) is 2.91. The fourth-order valence-corrected chi connectivity index (χ4v) is 2.57. The maximum atomic E-state index is 12.3. The lowest BCUT2D eigenvalue weighted by Crippen LogP contribution is -2.42. The van der Waals surface area contributed by atoms with Crippen LogP contribution < -0.4 is 16.0 Å². The number of aromatic nitrogens is 3. The molecule has 8 heteroatoms. The summed E-state index contributed by atoms with van der Waals surface area (Å²) in [6.45, 7) is 5.28. The number of nitrogens with one attached hydrogen (secondary N) is 1. The molecule has 1 saturated heterocycles. The van der Waals surface area contributed by atoms with E-state index in [0.29, 0.717) is 11.8 Å². The quantitative estimate of drug-likeness (QED) is 0.781. The molecule has 0 spiro atoms. The van der Waals surface area contributed by atoms with Crippen LogP contribution in [-0.4, -0.2) is 59.5 Å². The zero-order valence-corrected chi connectivity index (χ0v) is 13.5. The first-order valence-electron chi connectivity index (χ1n) is 7.67. The van der Waals surface area contributed by atoms with Gasteiger partial charge in [0.15, 0.2) is 5.82 Å². The maximum absolute atomic E-state index is 12.3. The molecule has 0 bridgehead atoms. The molecule has 1 aromatic heterocycles. The largest absolute Gasteiger partial charge is 0.368 e. The van der Waals surface area contributed by atoms with Crippen LogP contribution in [0.5, 0.6) is 0 Å². The molecule has 1 amide bonds. The molecule has 0 aliphatic carbocycles. The third kappa shape index (κ3) is 4.27. The molecule has 0 aromatic carbocycles. The van der Waals surface area contributed by atoms with Crippen molar-refractivity contribution >= 4 is 17.8 Å². The predicted molar refractivity (Wildman–Crippen MR) is 85.3 cm³/mol. The normalized spacial score (nSPS) is 19.0. The highest BCUT2D eigenvalue weighted by atomic mass is 16.1. The Morgan fingerprint density at radius 3 is 2.86 bits per heavy atom. The number of carbonyl (C=O) groups excluding carboxylic acids is 1. The Hall–Kier alpha value is -1.96. The highest BCUT2D eigenvalue weighted by molar-refractivity contribution is 5.78. The van der Waals surface area contributed by atoms with E-state index in [1.54, 1.807) is 4.90 Å². The predicted octanol–water partition coefficient (Wildman–Crippen LogP) is -0.132. The molecule has 2 rings (SSSR count). The smallest absolute Gasteiger partial charge is 0.229 e. The third-order valence-corrected chi connectivity index (χ3v) is 3.83. The zero-order valence-electron chi connectivity index (χ0n) is 13.5. The van der Waals surface area contributed by atoms with E-state index < -0.39 is 0 Å². The van der Waals surface area contributed by atoms with Crippen molar-refractivity contribution in [2.45, 2.75) is 26.3 Å². The number of likely N-dealkylation sites (tertiary alicyclic amines) is 1. The average molecular weight is 307 g/mol. The number of rotatable bonds is 5. The van der Waals surface area contributed by atoms with E-state index in [1.165, 1.54) is 0 Å². The van der Waals surface area contributed by atoms with Crippen LogP contribution in [0, 0.1) is 5.92 Å². The highest BCUT2D eigenvalue weighted by Gasteiger charge is 2.24. The van der Waals surface area contributed by atoms with Gasteiger partial charge in [0.05, 0.1) is 12.5 Å². The molecule has 0 saturated carbocycles. The van der Waals surface area contributed by atoms with Crippen LogP contribution >= 0.6 is 0 Å². The first-order chi connectivity index (χ1) is 10.5. The molecule has 1 aliphatic rings. The second-order valence-electron chi connectivity index (χ2n) is 5.75. The van der Waals surface area contributed by atoms with Crippen molar-refractivity contribution in [1.82, 2.24) is 25.2 Å². The average Bonchev–Trinajstić information content (AvgIpc) is 2.52. The summed E-state index contributed by atoms with van der Waals surface area (Å²) in [4.78, 5) is 28.7. The summed E-state index contributed by atoms with van der Waals surface area (Å²) in [6.07, 6.45) is 2.00. The summed E-state index contributed by atoms with van der Waals surface area (Å²) >= 11 is 0. The van der Waals surface area contributed by atoms with Crippen molar-refractivity contribution in [2.75, 3.05) is 44.4 Å². The zero-order chi connectivity index (χ0) is 16.1. The van der Waals surface area contributed by atoms with Crippen LogP contribution in [0.15, 0.2) is 0 Å². The summed E-state index contributed by atoms with van der Waals surface area (Å²) in [5.41, 5.74) is 5.67. The van der Waals surface area contributed by atoms with Crippen molar-refractivity contribution in [3.8, 4) is 0 Å². The monoisotopic (exact) mass is 307 g/mol. The third-order valence-electron chi connectivity index (χ3n) is 3.83. The van der Waals surface area contributed by atoms with Gasteiger partial charge >= 0.3 is 0 Å². The lowest BCUT2D eigenvalue weighted by atomic mass is 9.97. The molecule has 1 atom stereocenters. The van der Waals surface area contributed by atoms with Gasteiger partial charge in [0.1, 0.15) is 0 Å². The van der Waals surface area contributed by atoms with E-state index in [1.807, 2.05) is 14.1 Å². The van der Waals surface area contributed by atoms with E-state index in [4.69, 9.17) is 5.73 Å². The molecule has 22 heavy (non-hydrogen) atoms. The van der Waals surface area contributed by atoms with Gasteiger partial charge in [0.2, 0.25) is 17.8 Å². The minimum Gasteiger partial charge on any atom is -0.368 e. The SMILES string of the molecule is CCN1CCCC(C(=O)NCc2nc(N)nc(N(C)C)n2)C1. The molecule has 3 N–H and O–H groups in total. The molecule has 1 aromatic rings. The standard InChI is InChI=1S/C14H25N7O/c1-4-21-7-5-6-10(9-21)12(22)16-8-11-17-13(15)19-14(18-11)20(2)3/h10H,4-9H2,1-3H3,(H,16,22)(H2,15,17,18,19). The van der Waals surface area contributed by atoms with Gasteiger partial charge in [-0.3, -0.25) is 4.79 Å². The molecular formula is C14H25N7O. The highest BCUT2D eigenvalue weighted by Crippen LogP contribution is 2.16. The molecule has 8 nitrogen and oxygen atoms in total. The number of nitrogen functional groups attached to an aromatic ring is 1. The van der Waals surface area contributed by atoms with Gasteiger partial charge < -0.3 is 20.9 Å². The Morgan fingerprint density at radius 2 is 2.18 bits per heavy atom. The van der Waals surface area contributed by atoms with E-state index in [0.717, 1.165) is 32.5 Å². The Balaban J connectivity index is 1.93. The molecular weight excluding hydrogens is 282 g/mol. The van der Waals surface area contributed by atoms with Gasteiger partial charge in [-0.15, -0.1) is 0 Å². The Labute approximate surface area is 131 Å². The van der Waals surface area contributed by atoms with Crippen LogP contribution in [0.3, 0.4) is 0 Å². The molecule has 1 fully saturated rings. The Morgan fingerprint density at radius 1 is 1.41 bits per heavy atom. The summed E-state index contributed by atoms with van der Waals surface area (Å²) in [6, 6.07) is 0. The van der Waals surface area contributed by atoms with E-state index >= 15 is 0 Å². The van der Waals surface area contributed by atoms with Crippen LogP contribution in [0.4, 0.5) is 11.9 Å². The molecule has 122 valence electrons. The first kappa shape index (κ1) is 16.4. The summed E-state index contributed by atoms with van der Waals surface area (Å²) in [7, 11) is 3.66. The Bertz CT molecular complexity index is 520. The molecule has 1 unspecified atom stereocenters. The van der Waals surface area contributed by atoms with Crippen LogP contribution in [-0.2, 0) is 11.3 Å². The number of hydrogen-bond donors (Lipinski definition) is 2. The number of carbonyl (C=O) groups is 1. The van der Waals surface area contributed by atoms with Crippen molar-refractivity contribution < 1.29 is 4.79 Å². The van der Waals surface area contributed by atoms with Gasteiger partial charge in [-0.05, 0) is 25.9 Å². The van der Waals surface area contributed by atoms with E-state index in [2.05, 4.69) is 32.1 Å². The van der Waals surface area contributed by atoms with Gasteiger partial charge in [0, 0.05) is 20.6 Å². The van der Waals surface area contributed by atoms with Crippen molar-refractivity contribution in [3.05, 3.63) is 5.82 Å². The summed E-state index contributed by atoms with van der Waals surface area (Å²) in [5.74, 6) is 1.24. The first-order valence-corrected chi connectivity index (χ1v) is 7.67. The minimum absolute atomic E-state index is 0.0428. The van der Waals surface area contributed by atoms with Crippen LogP contribution in [0.2, 0.25) is 0 Å². The topological polar surface area (TPSA) is 100 Å². The van der Waals surface area contributed by atoms with Crippen molar-refractivity contribution in [3.63, 3.8) is 0 Å². The lowest BCUT2D eigenvalue weighted by Gasteiger charge is -2.30. The molecule has 2 heterocycles. The second-order valence-corrected chi connectivity index (χ2v) is 5.75. The number of amides is 1. The number of piperidine rings is 1. The van der Waals surface area contributed by atoms with Gasteiger partial charge in [-0.1, -0.05) is 6.92 Å². The van der Waals surface area contributed by atoms with E-state index in [-0.39, 0.29) is 24.3 Å². The number of anilines is 2. The maximum Gasteiger partial charge on any atom is 0.229 e. The van der Waals surface area contributed by atoms with Gasteiger partial charge in [-0.2, -0.15) is 15.0 Å². The van der Waals surface area contributed by atoms with Gasteiger partial charge in [0.25, 0.3) is 0 Å². The van der Waals surface area contributed by atoms with E-state index in [9.17, 15) is 4.79 Å². The molecule has 1 aliphatic heterocycles. The molecule has 0 radical (unpaired) electrons.